The normalized spacial score (nSPS) is 12.1. The maximum atomic E-state index is 11.1. The summed E-state index contributed by atoms with van der Waals surface area (Å²) in [6.45, 7) is 0. The van der Waals surface area contributed by atoms with Crippen LogP contribution in [0.25, 0.3) is 0 Å². The molecule has 0 spiro atoms. The van der Waals surface area contributed by atoms with E-state index in [0.29, 0.717) is 11.1 Å². The van der Waals surface area contributed by atoms with Gasteiger partial charge in [-0.15, -0.1) is 0 Å². The van der Waals surface area contributed by atoms with Gasteiger partial charge >= 0.3 is 0 Å². The van der Waals surface area contributed by atoms with Crippen molar-refractivity contribution in [1.29, 1.82) is 0 Å². The summed E-state index contributed by atoms with van der Waals surface area (Å²) in [6.07, 6.45) is 0. The van der Waals surface area contributed by atoms with Gasteiger partial charge in [0.25, 0.3) is 5.91 Å². The number of benzene rings is 1. The van der Waals surface area contributed by atoms with Gasteiger partial charge in [-0.05, 0) is 17.7 Å². The highest BCUT2D eigenvalue weighted by molar-refractivity contribution is 7.78. The number of nitrogen functional groups attached to an aromatic ring is 1. The lowest BCUT2D eigenvalue weighted by Gasteiger charge is -2.01. The Bertz CT molecular complexity index is 367. The number of nitrogens with one attached hydrogen (secondary N) is 1. The molecule has 0 aliphatic carbocycles. The Morgan fingerprint density at radius 2 is 2.29 bits per heavy atom. The van der Waals surface area contributed by atoms with Crippen molar-refractivity contribution in [3.8, 4) is 0 Å². The molecular weight excluding hydrogens is 204 g/mol. The van der Waals surface area contributed by atoms with Gasteiger partial charge in [0.2, 0.25) is 0 Å². The Kier molecular flexibility index (Phi) is 3.75. The zero-order valence-electron chi connectivity index (χ0n) is 7.27. The van der Waals surface area contributed by atoms with Crippen LogP contribution in [-0.2, 0) is 16.8 Å². The van der Waals surface area contributed by atoms with Crippen LogP contribution >= 0.6 is 0 Å². The first-order valence-corrected chi connectivity index (χ1v) is 5.08. The van der Waals surface area contributed by atoms with Gasteiger partial charge in [0.1, 0.15) is 0 Å². The van der Waals surface area contributed by atoms with Gasteiger partial charge in [-0.2, -0.15) is 0 Å². The molecule has 0 saturated carbocycles. The molecule has 1 aromatic carbocycles. The average molecular weight is 214 g/mol. The SMILES string of the molecule is NNC(=O)c1cccc(CS(=O)O)c1. The van der Waals surface area contributed by atoms with E-state index < -0.39 is 17.0 Å². The van der Waals surface area contributed by atoms with Crippen LogP contribution in [0.15, 0.2) is 24.3 Å². The number of hydrazine groups is 1. The first-order valence-electron chi connectivity index (χ1n) is 3.81. The first kappa shape index (κ1) is 10.8. The van der Waals surface area contributed by atoms with Gasteiger partial charge < -0.3 is 4.55 Å². The van der Waals surface area contributed by atoms with Crippen molar-refractivity contribution in [3.63, 3.8) is 0 Å². The lowest BCUT2D eigenvalue weighted by atomic mass is 10.1. The number of nitrogens with two attached hydrogens (primary N) is 1. The fourth-order valence-electron chi connectivity index (χ4n) is 1.03. The third-order valence-electron chi connectivity index (χ3n) is 1.61. The molecule has 1 amide bonds. The van der Waals surface area contributed by atoms with E-state index >= 15 is 0 Å². The molecule has 0 aromatic heterocycles. The summed E-state index contributed by atoms with van der Waals surface area (Å²) in [6, 6.07) is 6.40. The number of rotatable bonds is 3. The summed E-state index contributed by atoms with van der Waals surface area (Å²) in [5.74, 6) is 4.53. The highest BCUT2D eigenvalue weighted by atomic mass is 32.2. The molecule has 0 bridgehead atoms. The molecule has 1 atom stereocenters. The molecule has 0 aliphatic rings. The summed E-state index contributed by atoms with van der Waals surface area (Å²) in [5, 5.41) is 0. The molecule has 0 aliphatic heterocycles. The minimum atomic E-state index is -1.90. The molecule has 1 rings (SSSR count). The smallest absolute Gasteiger partial charge is 0.265 e. The van der Waals surface area contributed by atoms with Gasteiger partial charge in [0.15, 0.2) is 11.1 Å². The maximum Gasteiger partial charge on any atom is 0.265 e. The Balaban J connectivity index is 2.89. The van der Waals surface area contributed by atoms with Crippen LogP contribution in [-0.4, -0.2) is 14.7 Å². The van der Waals surface area contributed by atoms with E-state index in [1.165, 1.54) is 6.07 Å². The summed E-state index contributed by atoms with van der Waals surface area (Å²) >= 11 is -1.90. The maximum absolute atomic E-state index is 11.1. The lowest BCUT2D eigenvalue weighted by molar-refractivity contribution is 0.0953. The Morgan fingerprint density at radius 3 is 2.86 bits per heavy atom. The van der Waals surface area contributed by atoms with E-state index in [-0.39, 0.29) is 5.75 Å². The van der Waals surface area contributed by atoms with Crippen LogP contribution in [0.5, 0.6) is 0 Å². The fraction of sp³-hybridized carbons (Fsp3) is 0.125. The van der Waals surface area contributed by atoms with Crippen molar-refractivity contribution in [2.75, 3.05) is 0 Å². The van der Waals surface area contributed by atoms with Crippen LogP contribution in [0.1, 0.15) is 15.9 Å². The van der Waals surface area contributed by atoms with Crippen molar-refractivity contribution >= 4 is 17.0 Å². The van der Waals surface area contributed by atoms with E-state index in [1.807, 2.05) is 5.43 Å². The Morgan fingerprint density at radius 1 is 1.57 bits per heavy atom. The van der Waals surface area contributed by atoms with Crippen LogP contribution in [0, 0.1) is 0 Å². The minimum absolute atomic E-state index is 0.00565. The Hall–Kier alpha value is -1.24. The second kappa shape index (κ2) is 4.85. The van der Waals surface area contributed by atoms with Gasteiger partial charge in [-0.25, -0.2) is 10.1 Å². The van der Waals surface area contributed by atoms with Crippen LogP contribution < -0.4 is 11.3 Å². The standard InChI is InChI=1S/C8H10N2O3S/c9-10-8(11)7-3-1-2-6(4-7)5-14(12)13/h1-4H,5,9H2,(H,10,11)(H,12,13). The highest BCUT2D eigenvalue weighted by Gasteiger charge is 2.04. The topological polar surface area (TPSA) is 92.4 Å². The second-order valence-electron chi connectivity index (χ2n) is 2.64. The van der Waals surface area contributed by atoms with Crippen LogP contribution in [0.4, 0.5) is 0 Å². The fourth-order valence-corrected chi connectivity index (χ4v) is 1.49. The molecular formula is C8H10N2O3S. The molecule has 0 radical (unpaired) electrons. The molecule has 76 valence electrons. The van der Waals surface area contributed by atoms with Gasteiger partial charge in [0, 0.05) is 5.56 Å². The predicted molar refractivity (Wildman–Crippen MR) is 52.6 cm³/mol. The van der Waals surface area contributed by atoms with E-state index in [2.05, 4.69) is 0 Å². The number of carbonyl (C=O) groups is 1. The predicted octanol–water partition coefficient (Wildman–Crippen LogP) is 0.0118. The van der Waals surface area contributed by atoms with Crippen molar-refractivity contribution in [2.45, 2.75) is 5.75 Å². The zero-order chi connectivity index (χ0) is 10.6. The number of amides is 1. The van der Waals surface area contributed by atoms with E-state index in [4.69, 9.17) is 10.4 Å². The molecule has 5 nitrogen and oxygen atoms in total. The molecule has 0 saturated heterocycles. The highest BCUT2D eigenvalue weighted by Crippen LogP contribution is 2.06. The average Bonchev–Trinajstić information content (AvgIpc) is 2.16. The van der Waals surface area contributed by atoms with Crippen molar-refractivity contribution in [1.82, 2.24) is 5.43 Å². The third kappa shape index (κ3) is 2.91. The van der Waals surface area contributed by atoms with Gasteiger partial charge in [-0.3, -0.25) is 10.2 Å². The lowest BCUT2D eigenvalue weighted by Crippen LogP contribution is -2.29. The monoisotopic (exact) mass is 214 g/mol. The molecule has 14 heavy (non-hydrogen) atoms. The molecule has 1 aromatic rings. The molecule has 0 heterocycles. The quantitative estimate of drug-likeness (QED) is 0.286. The van der Waals surface area contributed by atoms with Gasteiger partial charge in [-0.1, -0.05) is 12.1 Å². The number of carbonyl (C=O) groups excluding carboxylic acids is 1. The van der Waals surface area contributed by atoms with Crippen molar-refractivity contribution in [2.24, 2.45) is 5.84 Å². The summed E-state index contributed by atoms with van der Waals surface area (Å²) < 4.78 is 19.1. The summed E-state index contributed by atoms with van der Waals surface area (Å²) in [7, 11) is 0. The first-order chi connectivity index (χ1) is 6.63. The Labute approximate surface area is 83.6 Å². The third-order valence-corrected chi connectivity index (χ3v) is 2.19. The van der Waals surface area contributed by atoms with E-state index in [1.54, 1.807) is 18.2 Å². The van der Waals surface area contributed by atoms with E-state index in [0.717, 1.165) is 0 Å². The summed E-state index contributed by atoms with van der Waals surface area (Å²) in [5.41, 5.74) is 2.97. The molecule has 6 heteroatoms. The van der Waals surface area contributed by atoms with Crippen molar-refractivity contribution in [3.05, 3.63) is 35.4 Å². The largest absolute Gasteiger partial charge is 0.306 e. The summed E-state index contributed by atoms with van der Waals surface area (Å²) in [4.78, 5) is 11.1. The van der Waals surface area contributed by atoms with Crippen LogP contribution in [0.3, 0.4) is 0 Å². The van der Waals surface area contributed by atoms with Crippen LogP contribution in [0.2, 0.25) is 0 Å². The minimum Gasteiger partial charge on any atom is -0.306 e. The zero-order valence-corrected chi connectivity index (χ0v) is 8.08. The van der Waals surface area contributed by atoms with E-state index in [9.17, 15) is 9.00 Å². The molecule has 1 unspecified atom stereocenters. The number of hydrogen-bond acceptors (Lipinski definition) is 3. The van der Waals surface area contributed by atoms with Gasteiger partial charge in [0.05, 0.1) is 5.75 Å². The molecule has 0 fully saturated rings. The second-order valence-corrected chi connectivity index (χ2v) is 3.57. The number of hydrogen-bond donors (Lipinski definition) is 3. The van der Waals surface area contributed by atoms with Crippen molar-refractivity contribution < 1.29 is 13.6 Å². The molecule has 4 N–H and O–H groups in total.